The van der Waals surface area contributed by atoms with E-state index in [0.717, 1.165) is 43.7 Å². The van der Waals surface area contributed by atoms with Gasteiger partial charge in [-0.05, 0) is 68.7 Å². The number of hydrogen-bond donors (Lipinski definition) is 2. The lowest BCUT2D eigenvalue weighted by Crippen LogP contribution is -2.37. The van der Waals surface area contributed by atoms with Gasteiger partial charge in [0.1, 0.15) is 0 Å². The van der Waals surface area contributed by atoms with Gasteiger partial charge in [0.2, 0.25) is 0 Å². The molecule has 0 aromatic heterocycles. The first kappa shape index (κ1) is 16.6. The smallest absolute Gasteiger partial charge is 0.0600 e. The minimum atomic E-state index is 0.742. The first-order chi connectivity index (χ1) is 11.2. The number of aryl methyl sites for hydroxylation is 1. The first-order valence-corrected chi connectivity index (χ1v) is 9.61. The molecular weight excluding hydrogens is 282 g/mol. The zero-order chi connectivity index (χ0) is 16.1. The summed E-state index contributed by atoms with van der Waals surface area (Å²) in [4.78, 5) is 2.42. The Labute approximate surface area is 141 Å². The highest BCUT2D eigenvalue weighted by atomic mass is 15.1. The van der Waals surface area contributed by atoms with E-state index in [-0.39, 0.29) is 0 Å². The third-order valence-electron chi connectivity index (χ3n) is 5.70. The van der Waals surface area contributed by atoms with E-state index in [1.165, 1.54) is 56.2 Å². The second-order valence-corrected chi connectivity index (χ2v) is 7.51. The summed E-state index contributed by atoms with van der Waals surface area (Å²) in [5.41, 5.74) is 9.86. The van der Waals surface area contributed by atoms with E-state index >= 15 is 0 Å². The lowest BCUT2D eigenvalue weighted by molar-refractivity contribution is 0.280. The van der Waals surface area contributed by atoms with Gasteiger partial charge < -0.3 is 16.0 Å². The third-order valence-corrected chi connectivity index (χ3v) is 5.70. The maximum atomic E-state index is 6.28. The van der Waals surface area contributed by atoms with E-state index in [4.69, 9.17) is 5.73 Å². The number of benzene rings is 1. The lowest BCUT2D eigenvalue weighted by atomic mass is 9.86. The van der Waals surface area contributed by atoms with E-state index in [1.807, 2.05) is 0 Å². The average molecular weight is 316 g/mol. The molecule has 1 aliphatic carbocycles. The van der Waals surface area contributed by atoms with Crippen molar-refractivity contribution >= 4 is 11.4 Å². The molecule has 1 aromatic rings. The van der Waals surface area contributed by atoms with Crippen LogP contribution in [0, 0.1) is 5.92 Å². The highest BCUT2D eigenvalue weighted by molar-refractivity contribution is 5.68. The molecule has 128 valence electrons. The summed E-state index contributed by atoms with van der Waals surface area (Å²) in [5, 5.41) is 3.77. The summed E-state index contributed by atoms with van der Waals surface area (Å²) in [5.74, 6) is 0.846. The van der Waals surface area contributed by atoms with Gasteiger partial charge in [-0.2, -0.15) is 0 Å². The van der Waals surface area contributed by atoms with Gasteiger partial charge in [-0.15, -0.1) is 0 Å². The molecule has 3 heteroatoms. The number of nitrogens with one attached hydrogen (secondary N) is 1. The Hall–Kier alpha value is -1.22. The Balaban J connectivity index is 1.44. The number of hydrogen-bond acceptors (Lipinski definition) is 3. The standard InChI is InChI=1S/C20H33N3/c1-16-7-2-3-9-19(16)22-12-6-8-17-10-11-20(18(21)15-17)23-13-4-5-14-23/h10-11,15-16,19,22H,2-9,12-14,21H2,1H3. The number of rotatable bonds is 6. The molecule has 2 unspecified atom stereocenters. The summed E-state index contributed by atoms with van der Waals surface area (Å²) < 4.78 is 0. The van der Waals surface area contributed by atoms with E-state index in [2.05, 4.69) is 35.3 Å². The second kappa shape index (κ2) is 8.05. The summed E-state index contributed by atoms with van der Waals surface area (Å²) in [6.07, 6.45) is 10.5. The molecule has 1 saturated carbocycles. The molecule has 0 amide bonds. The molecule has 3 nitrogen and oxygen atoms in total. The normalized spacial score (nSPS) is 25.0. The van der Waals surface area contributed by atoms with Gasteiger partial charge in [0.05, 0.1) is 11.4 Å². The Bertz CT molecular complexity index is 494. The van der Waals surface area contributed by atoms with Crippen molar-refractivity contribution in [3.63, 3.8) is 0 Å². The van der Waals surface area contributed by atoms with Gasteiger partial charge in [-0.3, -0.25) is 0 Å². The van der Waals surface area contributed by atoms with Crippen LogP contribution in [0.5, 0.6) is 0 Å². The molecule has 0 radical (unpaired) electrons. The SMILES string of the molecule is CC1CCCCC1NCCCc1ccc(N2CCCC2)c(N)c1. The fourth-order valence-electron chi connectivity index (χ4n) is 4.20. The van der Waals surface area contributed by atoms with Crippen molar-refractivity contribution in [1.82, 2.24) is 5.32 Å². The molecule has 3 rings (SSSR count). The Morgan fingerprint density at radius 2 is 1.91 bits per heavy atom. The van der Waals surface area contributed by atoms with Crippen LogP contribution in [0.25, 0.3) is 0 Å². The van der Waals surface area contributed by atoms with E-state index in [9.17, 15) is 0 Å². The van der Waals surface area contributed by atoms with Crippen LogP contribution in [-0.4, -0.2) is 25.7 Å². The van der Waals surface area contributed by atoms with Crippen LogP contribution in [0.15, 0.2) is 18.2 Å². The molecule has 2 atom stereocenters. The quantitative estimate of drug-likeness (QED) is 0.616. The Morgan fingerprint density at radius 1 is 1.13 bits per heavy atom. The van der Waals surface area contributed by atoms with Crippen molar-refractivity contribution in [2.75, 3.05) is 30.3 Å². The first-order valence-electron chi connectivity index (χ1n) is 9.61. The Kier molecular flexibility index (Phi) is 5.82. The number of nitrogen functional groups attached to an aromatic ring is 1. The Morgan fingerprint density at radius 3 is 2.65 bits per heavy atom. The molecule has 2 aliphatic rings. The van der Waals surface area contributed by atoms with Gasteiger partial charge in [0.15, 0.2) is 0 Å². The van der Waals surface area contributed by atoms with Gasteiger partial charge >= 0.3 is 0 Å². The van der Waals surface area contributed by atoms with Gasteiger partial charge in [0, 0.05) is 19.1 Å². The molecule has 1 heterocycles. The van der Waals surface area contributed by atoms with Crippen molar-refractivity contribution in [2.45, 2.75) is 64.3 Å². The van der Waals surface area contributed by atoms with Gasteiger partial charge in [-0.1, -0.05) is 25.8 Å². The van der Waals surface area contributed by atoms with Crippen LogP contribution < -0.4 is 16.0 Å². The molecular formula is C20H33N3. The minimum Gasteiger partial charge on any atom is -0.397 e. The minimum absolute atomic E-state index is 0.742. The largest absolute Gasteiger partial charge is 0.397 e. The highest BCUT2D eigenvalue weighted by Gasteiger charge is 2.20. The zero-order valence-electron chi connectivity index (χ0n) is 14.7. The fourth-order valence-corrected chi connectivity index (χ4v) is 4.20. The van der Waals surface area contributed by atoms with E-state index in [0.29, 0.717) is 0 Å². The van der Waals surface area contributed by atoms with Crippen LogP contribution in [0.2, 0.25) is 0 Å². The third kappa shape index (κ3) is 4.41. The fraction of sp³-hybridized carbons (Fsp3) is 0.700. The topological polar surface area (TPSA) is 41.3 Å². The van der Waals surface area contributed by atoms with Crippen LogP contribution in [0.3, 0.4) is 0 Å². The molecule has 1 aliphatic heterocycles. The molecule has 0 bridgehead atoms. The highest BCUT2D eigenvalue weighted by Crippen LogP contribution is 2.28. The van der Waals surface area contributed by atoms with Crippen molar-refractivity contribution in [2.24, 2.45) is 5.92 Å². The average Bonchev–Trinajstić information content (AvgIpc) is 3.07. The monoisotopic (exact) mass is 315 g/mol. The molecule has 23 heavy (non-hydrogen) atoms. The second-order valence-electron chi connectivity index (χ2n) is 7.51. The summed E-state index contributed by atoms with van der Waals surface area (Å²) in [6.45, 7) is 5.84. The zero-order valence-corrected chi connectivity index (χ0v) is 14.7. The molecule has 3 N–H and O–H groups in total. The maximum absolute atomic E-state index is 6.28. The van der Waals surface area contributed by atoms with Crippen molar-refractivity contribution in [3.8, 4) is 0 Å². The van der Waals surface area contributed by atoms with E-state index in [1.54, 1.807) is 0 Å². The van der Waals surface area contributed by atoms with Gasteiger partial charge in [0.25, 0.3) is 0 Å². The lowest BCUT2D eigenvalue weighted by Gasteiger charge is -2.29. The molecule has 0 spiro atoms. The molecule has 1 saturated heterocycles. The number of nitrogens with two attached hydrogens (primary N) is 1. The van der Waals surface area contributed by atoms with Crippen LogP contribution >= 0.6 is 0 Å². The molecule has 2 fully saturated rings. The maximum Gasteiger partial charge on any atom is 0.0600 e. The van der Waals surface area contributed by atoms with Crippen LogP contribution in [0.4, 0.5) is 11.4 Å². The van der Waals surface area contributed by atoms with Crippen molar-refractivity contribution in [3.05, 3.63) is 23.8 Å². The summed E-state index contributed by atoms with van der Waals surface area (Å²) in [7, 11) is 0. The number of nitrogens with zero attached hydrogens (tertiary/aromatic N) is 1. The summed E-state index contributed by atoms with van der Waals surface area (Å²) in [6, 6.07) is 7.43. The predicted octanol–water partition coefficient (Wildman–Crippen LogP) is 3.97. The summed E-state index contributed by atoms with van der Waals surface area (Å²) >= 11 is 0. The van der Waals surface area contributed by atoms with Crippen LogP contribution in [-0.2, 0) is 6.42 Å². The van der Waals surface area contributed by atoms with E-state index < -0.39 is 0 Å². The van der Waals surface area contributed by atoms with Crippen LogP contribution in [0.1, 0.15) is 57.4 Å². The van der Waals surface area contributed by atoms with Crippen molar-refractivity contribution < 1.29 is 0 Å². The van der Waals surface area contributed by atoms with Gasteiger partial charge in [-0.25, -0.2) is 0 Å². The number of anilines is 2. The molecule has 1 aromatic carbocycles. The van der Waals surface area contributed by atoms with Crippen molar-refractivity contribution in [1.29, 1.82) is 0 Å². The predicted molar refractivity (Wildman–Crippen MR) is 100 cm³/mol.